The summed E-state index contributed by atoms with van der Waals surface area (Å²) in [7, 11) is 0. The summed E-state index contributed by atoms with van der Waals surface area (Å²) in [5.41, 5.74) is 1.38. The number of carbonyl (C=O) groups excluding carboxylic acids is 1. The van der Waals surface area contributed by atoms with Crippen LogP contribution in [0, 0.1) is 0 Å². The molecule has 1 amide bonds. The van der Waals surface area contributed by atoms with Crippen LogP contribution in [0.15, 0.2) is 18.2 Å². The van der Waals surface area contributed by atoms with Crippen LogP contribution < -0.4 is 5.32 Å². The maximum atomic E-state index is 11.8. The molecular formula is C11H12ClNO. The molecule has 1 aliphatic heterocycles. The quantitative estimate of drug-likeness (QED) is 0.757. The zero-order valence-electron chi connectivity index (χ0n) is 8.23. The highest BCUT2D eigenvalue weighted by Crippen LogP contribution is 2.43. The lowest BCUT2D eigenvalue weighted by atomic mass is 9.81. The highest BCUT2D eigenvalue weighted by Gasteiger charge is 2.41. The van der Waals surface area contributed by atoms with Crippen molar-refractivity contribution in [3.63, 3.8) is 0 Å². The van der Waals surface area contributed by atoms with E-state index in [0.717, 1.165) is 17.7 Å². The van der Waals surface area contributed by atoms with Gasteiger partial charge in [0.1, 0.15) is 0 Å². The van der Waals surface area contributed by atoms with Gasteiger partial charge in [0.05, 0.1) is 16.1 Å². The molecule has 0 spiro atoms. The van der Waals surface area contributed by atoms with Crippen molar-refractivity contribution in [3.05, 3.63) is 28.8 Å². The molecule has 74 valence electrons. The predicted molar refractivity (Wildman–Crippen MR) is 57.7 cm³/mol. The van der Waals surface area contributed by atoms with E-state index in [-0.39, 0.29) is 5.91 Å². The fraction of sp³-hybridized carbons (Fsp3) is 0.364. The van der Waals surface area contributed by atoms with Gasteiger partial charge in [-0.2, -0.15) is 0 Å². The van der Waals surface area contributed by atoms with Gasteiger partial charge in [-0.3, -0.25) is 4.79 Å². The number of benzene rings is 1. The molecule has 1 heterocycles. The van der Waals surface area contributed by atoms with Gasteiger partial charge in [-0.1, -0.05) is 30.7 Å². The molecule has 1 atom stereocenters. The molecule has 0 aliphatic carbocycles. The van der Waals surface area contributed by atoms with Gasteiger partial charge in [-0.15, -0.1) is 0 Å². The van der Waals surface area contributed by atoms with Gasteiger partial charge < -0.3 is 5.32 Å². The molecule has 0 saturated carbocycles. The summed E-state index contributed by atoms with van der Waals surface area (Å²) in [6.07, 6.45) is 0.784. The molecule has 1 N–H and O–H groups in total. The van der Waals surface area contributed by atoms with E-state index in [1.807, 2.05) is 26.0 Å². The molecular weight excluding hydrogens is 198 g/mol. The number of rotatable bonds is 1. The number of anilines is 1. The van der Waals surface area contributed by atoms with Crippen LogP contribution in [0.2, 0.25) is 5.02 Å². The number of carbonyl (C=O) groups is 1. The SMILES string of the molecule is CCC1(C)C(=O)Nc2c(Cl)cccc21. The molecule has 1 aliphatic rings. The third kappa shape index (κ3) is 1.07. The van der Waals surface area contributed by atoms with Crippen molar-refractivity contribution in [2.75, 3.05) is 5.32 Å². The fourth-order valence-corrected chi connectivity index (χ4v) is 2.06. The van der Waals surface area contributed by atoms with E-state index < -0.39 is 5.41 Å². The number of fused-ring (bicyclic) bond motifs is 1. The first kappa shape index (κ1) is 9.53. The molecule has 0 saturated heterocycles. The summed E-state index contributed by atoms with van der Waals surface area (Å²) in [5.74, 6) is 0.0445. The minimum Gasteiger partial charge on any atom is -0.324 e. The van der Waals surface area contributed by atoms with Crippen LogP contribution in [0.25, 0.3) is 0 Å². The van der Waals surface area contributed by atoms with Gasteiger partial charge in [-0.05, 0) is 25.0 Å². The Morgan fingerprint density at radius 2 is 2.21 bits per heavy atom. The lowest BCUT2D eigenvalue weighted by Gasteiger charge is -2.19. The normalized spacial score (nSPS) is 24.6. The molecule has 0 aromatic heterocycles. The van der Waals surface area contributed by atoms with Gasteiger partial charge in [-0.25, -0.2) is 0 Å². The molecule has 2 nitrogen and oxygen atoms in total. The second-order valence-electron chi connectivity index (χ2n) is 3.80. The van der Waals surface area contributed by atoms with E-state index in [4.69, 9.17) is 11.6 Å². The third-order valence-electron chi connectivity index (χ3n) is 3.05. The van der Waals surface area contributed by atoms with E-state index in [0.29, 0.717) is 5.02 Å². The number of halogens is 1. The van der Waals surface area contributed by atoms with Crippen LogP contribution in [-0.2, 0) is 10.2 Å². The van der Waals surface area contributed by atoms with Gasteiger partial charge in [0.2, 0.25) is 5.91 Å². The Hall–Kier alpha value is -1.02. The Kier molecular flexibility index (Phi) is 2.04. The zero-order chi connectivity index (χ0) is 10.3. The Labute approximate surface area is 88.3 Å². The number of hydrogen-bond donors (Lipinski definition) is 1. The van der Waals surface area contributed by atoms with Crippen LogP contribution in [0.4, 0.5) is 5.69 Å². The van der Waals surface area contributed by atoms with Crippen LogP contribution in [0.1, 0.15) is 25.8 Å². The van der Waals surface area contributed by atoms with Crippen LogP contribution in [0.5, 0.6) is 0 Å². The molecule has 0 fully saturated rings. The standard InChI is InChI=1S/C11H12ClNO/c1-3-11(2)7-5-4-6-8(12)9(7)13-10(11)14/h4-6H,3H2,1-2H3,(H,13,14). The maximum absolute atomic E-state index is 11.8. The number of amides is 1. The van der Waals surface area contributed by atoms with Gasteiger partial charge in [0.15, 0.2) is 0 Å². The van der Waals surface area contributed by atoms with Gasteiger partial charge in [0.25, 0.3) is 0 Å². The average molecular weight is 210 g/mol. The average Bonchev–Trinajstić information content (AvgIpc) is 2.43. The van der Waals surface area contributed by atoms with Crippen molar-refractivity contribution in [3.8, 4) is 0 Å². The Bertz CT molecular complexity index is 402. The summed E-state index contributed by atoms with van der Waals surface area (Å²) in [6, 6.07) is 5.64. The lowest BCUT2D eigenvalue weighted by Crippen LogP contribution is -2.29. The van der Waals surface area contributed by atoms with Crippen LogP contribution in [-0.4, -0.2) is 5.91 Å². The van der Waals surface area contributed by atoms with E-state index in [9.17, 15) is 4.79 Å². The van der Waals surface area contributed by atoms with Crippen molar-refractivity contribution < 1.29 is 4.79 Å². The second-order valence-corrected chi connectivity index (χ2v) is 4.21. The second kappa shape index (κ2) is 2.99. The molecule has 3 heteroatoms. The minimum absolute atomic E-state index is 0.0445. The largest absolute Gasteiger partial charge is 0.324 e. The number of nitrogens with one attached hydrogen (secondary N) is 1. The topological polar surface area (TPSA) is 29.1 Å². The van der Waals surface area contributed by atoms with E-state index in [1.54, 1.807) is 6.07 Å². The summed E-state index contributed by atoms with van der Waals surface area (Å²) in [6.45, 7) is 3.96. The zero-order valence-corrected chi connectivity index (χ0v) is 8.98. The van der Waals surface area contributed by atoms with E-state index >= 15 is 0 Å². The third-order valence-corrected chi connectivity index (χ3v) is 3.37. The fourth-order valence-electron chi connectivity index (χ4n) is 1.84. The van der Waals surface area contributed by atoms with Crippen molar-refractivity contribution in [2.24, 2.45) is 0 Å². The number of hydrogen-bond acceptors (Lipinski definition) is 1. The van der Waals surface area contributed by atoms with Gasteiger partial charge >= 0.3 is 0 Å². The first-order valence-corrected chi connectivity index (χ1v) is 5.08. The van der Waals surface area contributed by atoms with E-state index in [2.05, 4.69) is 5.32 Å². The lowest BCUT2D eigenvalue weighted by molar-refractivity contribution is -0.120. The monoisotopic (exact) mass is 209 g/mol. The summed E-state index contributed by atoms with van der Waals surface area (Å²) < 4.78 is 0. The van der Waals surface area contributed by atoms with Crippen molar-refractivity contribution in [1.82, 2.24) is 0 Å². The summed E-state index contributed by atoms with van der Waals surface area (Å²) in [5, 5.41) is 3.45. The maximum Gasteiger partial charge on any atom is 0.234 e. The molecule has 1 aromatic carbocycles. The highest BCUT2D eigenvalue weighted by molar-refractivity contribution is 6.34. The molecule has 1 aromatic rings. The van der Waals surface area contributed by atoms with Crippen LogP contribution >= 0.6 is 11.6 Å². The Morgan fingerprint density at radius 3 is 2.86 bits per heavy atom. The minimum atomic E-state index is -0.416. The molecule has 0 bridgehead atoms. The first-order valence-electron chi connectivity index (χ1n) is 4.70. The molecule has 0 radical (unpaired) electrons. The highest BCUT2D eigenvalue weighted by atomic mass is 35.5. The summed E-state index contributed by atoms with van der Waals surface area (Å²) in [4.78, 5) is 11.8. The van der Waals surface area contributed by atoms with Gasteiger partial charge in [0, 0.05) is 0 Å². The van der Waals surface area contributed by atoms with E-state index in [1.165, 1.54) is 0 Å². The first-order chi connectivity index (χ1) is 6.59. The van der Waals surface area contributed by atoms with Crippen molar-refractivity contribution >= 4 is 23.2 Å². The van der Waals surface area contributed by atoms with Crippen molar-refractivity contribution in [2.45, 2.75) is 25.7 Å². The molecule has 1 unspecified atom stereocenters. The molecule has 14 heavy (non-hydrogen) atoms. The van der Waals surface area contributed by atoms with Crippen LogP contribution in [0.3, 0.4) is 0 Å². The summed E-state index contributed by atoms with van der Waals surface area (Å²) >= 11 is 6.00. The molecule has 2 rings (SSSR count). The Morgan fingerprint density at radius 1 is 1.50 bits per heavy atom. The number of para-hydroxylation sites is 1. The smallest absolute Gasteiger partial charge is 0.234 e. The Balaban J connectivity index is 2.64. The van der Waals surface area contributed by atoms with Crippen molar-refractivity contribution in [1.29, 1.82) is 0 Å². The predicted octanol–water partition coefficient (Wildman–Crippen LogP) is 2.96.